The molecule has 1 fully saturated rings. The van der Waals surface area contributed by atoms with Crippen LogP contribution in [0.2, 0.25) is 0 Å². The quantitative estimate of drug-likeness (QED) is 0.621. The molecule has 0 aliphatic carbocycles. The minimum atomic E-state index is -1.58. The molecule has 64 valence electrons. The highest BCUT2D eigenvalue weighted by molar-refractivity contribution is 7.38. The van der Waals surface area contributed by atoms with Crippen molar-refractivity contribution >= 4 is 8.03 Å². The van der Waals surface area contributed by atoms with Gasteiger partial charge in [0, 0.05) is 13.0 Å². The molecule has 0 radical (unpaired) electrons. The van der Waals surface area contributed by atoms with Gasteiger partial charge in [0.2, 0.25) is 0 Å². The maximum absolute atomic E-state index is 10.8. The Morgan fingerprint density at radius 3 is 3.18 bits per heavy atom. The van der Waals surface area contributed by atoms with Crippen molar-refractivity contribution < 1.29 is 15.2 Å². The number of hydrogen-bond donors (Lipinski definition) is 0. The van der Waals surface area contributed by atoms with Crippen LogP contribution in [0.25, 0.3) is 0 Å². The van der Waals surface area contributed by atoms with Crippen molar-refractivity contribution in [2.24, 2.45) is 0 Å². The van der Waals surface area contributed by atoms with Crippen LogP contribution in [-0.4, -0.2) is 25.5 Å². The monoisotopic (exact) mass is 179 g/mol. The first-order chi connectivity index (χ1) is 5.63. The highest BCUT2D eigenvalue weighted by atomic mass is 31.1. The van der Waals surface area contributed by atoms with Crippen molar-refractivity contribution in [3.8, 4) is 0 Å². The predicted octanol–water partition coefficient (Wildman–Crippen LogP) is 1.94. The van der Waals surface area contributed by atoms with Crippen LogP contribution in [0, 0.1) is 0 Å². The minimum absolute atomic E-state index is 0.0496. The van der Waals surface area contributed by atoms with Gasteiger partial charge in [0.05, 0.1) is 7.47 Å². The van der Waals surface area contributed by atoms with Crippen LogP contribution < -0.4 is 0 Å². The fourth-order valence-electron chi connectivity index (χ4n) is 1.17. The van der Waals surface area contributed by atoms with Crippen LogP contribution in [0.3, 0.4) is 0 Å². The van der Waals surface area contributed by atoms with Gasteiger partial charge in [-0.05, 0) is 11.0 Å². The second-order valence-electron chi connectivity index (χ2n) is 2.57. The van der Waals surface area contributed by atoms with Gasteiger partial charge in [-0.15, -0.1) is 4.52 Å². The highest BCUT2D eigenvalue weighted by Gasteiger charge is 2.33. The number of hydrogen-bond acceptors (Lipinski definition) is 3. The average Bonchev–Trinajstić information content (AvgIpc) is 2.29. The summed E-state index contributed by atoms with van der Waals surface area (Å²) in [6, 6.07) is 0. The lowest BCUT2D eigenvalue weighted by atomic mass is 10.1. The third-order valence-electron chi connectivity index (χ3n) is 1.70. The number of ether oxygens (including phenoxy) is 1. The molecule has 1 aliphatic heterocycles. The molecule has 1 aliphatic rings. The third kappa shape index (κ3) is 2.51. The van der Waals surface area contributed by atoms with Gasteiger partial charge in [0.15, 0.2) is 6.66 Å². The standard InChI is InChI=1S/C7H14O3P/c1-3-6-7(4-5-9-6)10-11(2)8/h6-7H,3-5H2,1-2H3/q+1/t6-,7?/m1/s1/i5T/t5?,6-,7?. The second kappa shape index (κ2) is 4.15. The predicted molar refractivity (Wildman–Crippen MR) is 43.1 cm³/mol. The zero-order valence-corrected chi connectivity index (χ0v) is 7.71. The summed E-state index contributed by atoms with van der Waals surface area (Å²) in [6.07, 6.45) is 1.15. The van der Waals surface area contributed by atoms with E-state index < -0.39 is 14.6 Å². The Balaban J connectivity index is 2.46. The molecule has 3 unspecified atom stereocenters. The molecule has 1 heterocycles. The van der Waals surface area contributed by atoms with Crippen LogP contribution in [0.4, 0.5) is 0 Å². The first kappa shape index (κ1) is 7.66. The topological polar surface area (TPSA) is 35.5 Å². The van der Waals surface area contributed by atoms with E-state index in [1.807, 2.05) is 6.92 Å². The first-order valence-corrected chi connectivity index (χ1v) is 5.41. The van der Waals surface area contributed by atoms with Gasteiger partial charge in [0.1, 0.15) is 6.10 Å². The molecular weight excluding hydrogens is 163 g/mol. The Kier molecular flexibility index (Phi) is 2.89. The Morgan fingerprint density at radius 1 is 1.91 bits per heavy atom. The summed E-state index contributed by atoms with van der Waals surface area (Å²) < 4.78 is 28.5. The van der Waals surface area contributed by atoms with Crippen LogP contribution in [0.1, 0.15) is 21.1 Å². The highest BCUT2D eigenvalue weighted by Crippen LogP contribution is 2.28. The van der Waals surface area contributed by atoms with Crippen molar-refractivity contribution in [3.05, 3.63) is 0 Å². The second-order valence-corrected chi connectivity index (χ2v) is 3.66. The van der Waals surface area contributed by atoms with E-state index in [0.717, 1.165) is 6.42 Å². The zero-order valence-electron chi connectivity index (χ0n) is 7.82. The van der Waals surface area contributed by atoms with E-state index in [4.69, 9.17) is 10.6 Å². The van der Waals surface area contributed by atoms with Gasteiger partial charge in [-0.3, -0.25) is 0 Å². The van der Waals surface area contributed by atoms with E-state index in [-0.39, 0.29) is 12.2 Å². The van der Waals surface area contributed by atoms with Crippen molar-refractivity contribution in [3.63, 3.8) is 0 Å². The van der Waals surface area contributed by atoms with Gasteiger partial charge >= 0.3 is 8.03 Å². The van der Waals surface area contributed by atoms with Crippen LogP contribution in [-0.2, 0) is 13.8 Å². The molecule has 4 atom stereocenters. The third-order valence-corrected chi connectivity index (χ3v) is 2.27. The Morgan fingerprint density at radius 2 is 2.64 bits per heavy atom. The molecule has 0 amide bonds. The van der Waals surface area contributed by atoms with E-state index in [9.17, 15) is 4.57 Å². The van der Waals surface area contributed by atoms with Crippen LogP contribution in [0.5, 0.6) is 0 Å². The van der Waals surface area contributed by atoms with E-state index in [0.29, 0.717) is 6.42 Å². The van der Waals surface area contributed by atoms with Crippen molar-refractivity contribution in [1.29, 1.82) is 0 Å². The molecule has 0 spiro atoms. The summed E-state index contributed by atoms with van der Waals surface area (Å²) in [5.74, 6) is 0. The normalized spacial score (nSPS) is 40.4. The molecule has 0 aromatic carbocycles. The maximum Gasteiger partial charge on any atom is 0.505 e. The minimum Gasteiger partial charge on any atom is -0.375 e. The smallest absolute Gasteiger partial charge is 0.375 e. The van der Waals surface area contributed by atoms with Crippen molar-refractivity contribution in [2.75, 3.05) is 13.2 Å². The Bertz CT molecular complexity index is 176. The molecule has 3 nitrogen and oxygen atoms in total. The fourth-order valence-corrected chi connectivity index (χ4v) is 1.78. The molecular formula is C7H14O3P+. The average molecular weight is 179 g/mol. The molecule has 1 rings (SSSR count). The van der Waals surface area contributed by atoms with Gasteiger partial charge in [0.25, 0.3) is 0 Å². The van der Waals surface area contributed by atoms with Gasteiger partial charge in [-0.2, -0.15) is 0 Å². The Hall–Kier alpha value is 0.0200. The van der Waals surface area contributed by atoms with Crippen LogP contribution >= 0.6 is 8.03 Å². The lowest BCUT2D eigenvalue weighted by Crippen LogP contribution is -2.20. The van der Waals surface area contributed by atoms with E-state index in [1.165, 1.54) is 6.66 Å². The van der Waals surface area contributed by atoms with Crippen LogP contribution in [0.15, 0.2) is 0 Å². The summed E-state index contributed by atoms with van der Waals surface area (Å²) >= 11 is 0. The van der Waals surface area contributed by atoms with Crippen molar-refractivity contribution in [2.45, 2.75) is 32.0 Å². The molecule has 0 N–H and O–H groups in total. The summed E-state index contributed by atoms with van der Waals surface area (Å²) in [5, 5.41) is 0. The van der Waals surface area contributed by atoms with Gasteiger partial charge in [-0.1, -0.05) is 6.92 Å². The summed E-state index contributed by atoms with van der Waals surface area (Å²) in [5.41, 5.74) is 0. The van der Waals surface area contributed by atoms with Gasteiger partial charge < -0.3 is 4.74 Å². The summed E-state index contributed by atoms with van der Waals surface area (Å²) in [4.78, 5) is 0. The van der Waals surface area contributed by atoms with E-state index in [1.54, 1.807) is 0 Å². The SMILES string of the molecule is [3H]C1CC(O[P+](C)=O)[C@@H](CC)O1. The fraction of sp³-hybridized carbons (Fsp3) is 1.00. The first-order valence-electron chi connectivity index (χ1n) is 4.36. The summed E-state index contributed by atoms with van der Waals surface area (Å²) in [6.45, 7) is 3.00. The van der Waals surface area contributed by atoms with E-state index in [2.05, 4.69) is 0 Å². The Labute approximate surface area is 69.3 Å². The van der Waals surface area contributed by atoms with E-state index >= 15 is 0 Å². The zero-order chi connectivity index (χ0) is 9.14. The molecule has 11 heavy (non-hydrogen) atoms. The molecule has 0 bridgehead atoms. The molecule has 0 aromatic heterocycles. The van der Waals surface area contributed by atoms with Crippen molar-refractivity contribution in [1.82, 2.24) is 0 Å². The molecule has 0 saturated carbocycles. The largest absolute Gasteiger partial charge is 0.505 e. The lowest BCUT2D eigenvalue weighted by Gasteiger charge is -2.09. The number of rotatable bonds is 3. The molecule has 1 saturated heterocycles. The lowest BCUT2D eigenvalue weighted by molar-refractivity contribution is 0.0550. The summed E-state index contributed by atoms with van der Waals surface area (Å²) in [7, 11) is -1.58. The van der Waals surface area contributed by atoms with Gasteiger partial charge in [-0.25, -0.2) is 0 Å². The maximum atomic E-state index is 10.8. The molecule has 4 heteroatoms. The molecule has 0 aromatic rings.